The van der Waals surface area contributed by atoms with Crippen LogP contribution < -0.4 is 14.8 Å². The third kappa shape index (κ3) is 5.03. The van der Waals surface area contributed by atoms with Crippen LogP contribution in [0.15, 0.2) is 54.6 Å². The smallest absolute Gasteiger partial charge is 0.161 e. The molecule has 0 aliphatic heterocycles. The topological polar surface area (TPSA) is 30.5 Å². The van der Waals surface area contributed by atoms with Gasteiger partial charge in [0.15, 0.2) is 11.5 Å². The highest BCUT2D eigenvalue weighted by molar-refractivity contribution is 5.43. The minimum atomic E-state index is 0.0524. The van der Waals surface area contributed by atoms with Crippen LogP contribution in [0.3, 0.4) is 0 Å². The maximum atomic E-state index is 5.98. The minimum Gasteiger partial charge on any atom is -0.490 e. The van der Waals surface area contributed by atoms with Crippen molar-refractivity contribution >= 4 is 5.69 Å². The molecule has 0 heterocycles. The summed E-state index contributed by atoms with van der Waals surface area (Å²) in [5.41, 5.74) is 1.10. The number of hydrogen-bond donors (Lipinski definition) is 1. The molecule has 1 N–H and O–H groups in total. The summed E-state index contributed by atoms with van der Waals surface area (Å²) in [6.45, 7) is 5.59. The van der Waals surface area contributed by atoms with E-state index in [2.05, 4.69) is 12.2 Å². The van der Waals surface area contributed by atoms with Crippen LogP contribution in [0, 0.1) is 0 Å². The predicted molar refractivity (Wildman–Crippen MR) is 87.2 cm³/mol. The molecule has 112 valence electrons. The number of anilines is 1. The first kappa shape index (κ1) is 15.2. The number of rotatable bonds is 8. The van der Waals surface area contributed by atoms with Gasteiger partial charge in [0.1, 0.15) is 6.10 Å². The van der Waals surface area contributed by atoms with Crippen molar-refractivity contribution < 1.29 is 9.47 Å². The molecule has 3 nitrogen and oxygen atoms in total. The highest BCUT2D eigenvalue weighted by atomic mass is 16.5. The SMILES string of the molecule is CCCOc1ccccc1OC(C)CNc1ccccc1. The highest BCUT2D eigenvalue weighted by Crippen LogP contribution is 2.27. The van der Waals surface area contributed by atoms with Gasteiger partial charge >= 0.3 is 0 Å². The average molecular weight is 285 g/mol. The Hall–Kier alpha value is -2.16. The Morgan fingerprint density at radius 3 is 2.33 bits per heavy atom. The van der Waals surface area contributed by atoms with E-state index in [1.807, 2.05) is 61.5 Å². The van der Waals surface area contributed by atoms with Crippen molar-refractivity contribution in [3.05, 3.63) is 54.6 Å². The quantitative estimate of drug-likeness (QED) is 0.782. The van der Waals surface area contributed by atoms with Crippen LogP contribution in [-0.2, 0) is 0 Å². The predicted octanol–water partition coefficient (Wildman–Crippen LogP) is 4.35. The molecule has 0 fully saturated rings. The molecule has 2 aromatic carbocycles. The van der Waals surface area contributed by atoms with Gasteiger partial charge in [-0.2, -0.15) is 0 Å². The summed E-state index contributed by atoms with van der Waals surface area (Å²) in [4.78, 5) is 0. The number of benzene rings is 2. The van der Waals surface area contributed by atoms with Crippen molar-refractivity contribution in [1.29, 1.82) is 0 Å². The van der Waals surface area contributed by atoms with E-state index in [9.17, 15) is 0 Å². The Labute approximate surface area is 126 Å². The molecule has 0 amide bonds. The van der Waals surface area contributed by atoms with Crippen LogP contribution in [-0.4, -0.2) is 19.3 Å². The van der Waals surface area contributed by atoms with Gasteiger partial charge in [-0.25, -0.2) is 0 Å². The normalized spacial score (nSPS) is 11.7. The second-order valence-electron chi connectivity index (χ2n) is 4.97. The number of ether oxygens (including phenoxy) is 2. The molecule has 2 aromatic rings. The Morgan fingerprint density at radius 2 is 1.62 bits per heavy atom. The lowest BCUT2D eigenvalue weighted by atomic mass is 10.3. The van der Waals surface area contributed by atoms with Gasteiger partial charge < -0.3 is 14.8 Å². The van der Waals surface area contributed by atoms with Gasteiger partial charge in [-0.1, -0.05) is 37.3 Å². The van der Waals surface area contributed by atoms with Crippen molar-refractivity contribution in [3.63, 3.8) is 0 Å². The maximum Gasteiger partial charge on any atom is 0.161 e. The number of nitrogens with one attached hydrogen (secondary N) is 1. The molecule has 1 unspecified atom stereocenters. The summed E-state index contributed by atoms with van der Waals surface area (Å²) in [5, 5.41) is 3.36. The van der Waals surface area contributed by atoms with E-state index in [-0.39, 0.29) is 6.10 Å². The van der Waals surface area contributed by atoms with E-state index < -0.39 is 0 Å². The van der Waals surface area contributed by atoms with Crippen LogP contribution in [0.2, 0.25) is 0 Å². The fourth-order valence-electron chi connectivity index (χ4n) is 1.95. The van der Waals surface area contributed by atoms with Crippen molar-refractivity contribution in [1.82, 2.24) is 0 Å². The zero-order chi connectivity index (χ0) is 14.9. The van der Waals surface area contributed by atoms with E-state index in [4.69, 9.17) is 9.47 Å². The number of para-hydroxylation sites is 3. The molecule has 0 aromatic heterocycles. The summed E-state index contributed by atoms with van der Waals surface area (Å²) >= 11 is 0. The summed E-state index contributed by atoms with van der Waals surface area (Å²) in [6, 6.07) is 18.0. The average Bonchev–Trinajstić information content (AvgIpc) is 2.53. The van der Waals surface area contributed by atoms with Crippen molar-refractivity contribution in [2.45, 2.75) is 26.4 Å². The fraction of sp³-hybridized carbons (Fsp3) is 0.333. The molecule has 0 saturated carbocycles. The first-order valence-electron chi connectivity index (χ1n) is 7.47. The molecule has 0 bridgehead atoms. The van der Waals surface area contributed by atoms with Crippen LogP contribution in [0.4, 0.5) is 5.69 Å². The molecule has 1 atom stereocenters. The zero-order valence-corrected chi connectivity index (χ0v) is 12.7. The molecule has 0 spiro atoms. The summed E-state index contributed by atoms with van der Waals surface area (Å²) < 4.78 is 11.7. The minimum absolute atomic E-state index is 0.0524. The lowest BCUT2D eigenvalue weighted by molar-refractivity contribution is 0.215. The standard InChI is InChI=1S/C18H23NO2/c1-3-13-20-17-11-7-8-12-18(17)21-15(2)14-19-16-9-5-4-6-10-16/h4-12,15,19H,3,13-14H2,1-2H3. The van der Waals surface area contributed by atoms with Crippen LogP contribution in [0.5, 0.6) is 11.5 Å². The fourth-order valence-corrected chi connectivity index (χ4v) is 1.95. The lowest BCUT2D eigenvalue weighted by Crippen LogP contribution is -2.22. The Kier molecular flexibility index (Phi) is 5.95. The van der Waals surface area contributed by atoms with Crippen molar-refractivity contribution in [2.24, 2.45) is 0 Å². The summed E-state index contributed by atoms with van der Waals surface area (Å²) in [5.74, 6) is 1.61. The molecule has 0 aliphatic rings. The van der Waals surface area contributed by atoms with Gasteiger partial charge in [0, 0.05) is 5.69 Å². The van der Waals surface area contributed by atoms with Crippen LogP contribution >= 0.6 is 0 Å². The van der Waals surface area contributed by atoms with Gasteiger partial charge in [-0.3, -0.25) is 0 Å². The van der Waals surface area contributed by atoms with Gasteiger partial charge in [-0.15, -0.1) is 0 Å². The van der Waals surface area contributed by atoms with E-state index in [1.165, 1.54) is 0 Å². The summed E-state index contributed by atoms with van der Waals surface area (Å²) in [6.07, 6.45) is 1.04. The van der Waals surface area contributed by atoms with Gasteiger partial charge in [0.25, 0.3) is 0 Å². The van der Waals surface area contributed by atoms with Crippen LogP contribution in [0.1, 0.15) is 20.3 Å². The first-order valence-corrected chi connectivity index (χ1v) is 7.47. The van der Waals surface area contributed by atoms with Gasteiger partial charge in [0.05, 0.1) is 13.2 Å². The molecule has 2 rings (SSSR count). The zero-order valence-electron chi connectivity index (χ0n) is 12.7. The van der Waals surface area contributed by atoms with Crippen molar-refractivity contribution in [3.8, 4) is 11.5 Å². The lowest BCUT2D eigenvalue weighted by Gasteiger charge is -2.18. The van der Waals surface area contributed by atoms with E-state index >= 15 is 0 Å². The second-order valence-corrected chi connectivity index (χ2v) is 4.97. The molecular weight excluding hydrogens is 262 g/mol. The second kappa shape index (κ2) is 8.20. The molecule has 0 saturated heterocycles. The Bertz CT molecular complexity index is 528. The molecule has 21 heavy (non-hydrogen) atoms. The molecule has 3 heteroatoms. The molecule has 0 radical (unpaired) electrons. The van der Waals surface area contributed by atoms with Crippen LogP contribution in [0.25, 0.3) is 0 Å². The summed E-state index contributed by atoms with van der Waals surface area (Å²) in [7, 11) is 0. The van der Waals surface area contributed by atoms with Gasteiger partial charge in [-0.05, 0) is 37.6 Å². The number of hydrogen-bond acceptors (Lipinski definition) is 3. The maximum absolute atomic E-state index is 5.98. The van der Waals surface area contributed by atoms with E-state index in [0.717, 1.165) is 30.2 Å². The third-order valence-corrected chi connectivity index (χ3v) is 3.01. The third-order valence-electron chi connectivity index (χ3n) is 3.01. The Morgan fingerprint density at radius 1 is 0.952 bits per heavy atom. The first-order chi connectivity index (χ1) is 10.3. The molecule has 0 aliphatic carbocycles. The van der Waals surface area contributed by atoms with E-state index in [1.54, 1.807) is 0 Å². The monoisotopic (exact) mass is 285 g/mol. The van der Waals surface area contributed by atoms with Gasteiger partial charge in [0.2, 0.25) is 0 Å². The molecular formula is C18H23NO2. The Balaban J connectivity index is 1.88. The highest BCUT2D eigenvalue weighted by Gasteiger charge is 2.08. The van der Waals surface area contributed by atoms with E-state index in [0.29, 0.717) is 6.61 Å². The largest absolute Gasteiger partial charge is 0.490 e. The van der Waals surface area contributed by atoms with Crippen molar-refractivity contribution in [2.75, 3.05) is 18.5 Å².